The molecule has 1 unspecified atom stereocenters. The summed E-state index contributed by atoms with van der Waals surface area (Å²) in [5.74, 6) is -0.819. The third-order valence-electron chi connectivity index (χ3n) is 1.98. The number of nitrogens with zero attached hydrogens (tertiary/aromatic N) is 2. The Morgan fingerprint density at radius 3 is 2.47 bits per heavy atom. The van der Waals surface area contributed by atoms with Crippen molar-refractivity contribution in [1.29, 1.82) is 0 Å². The predicted octanol–water partition coefficient (Wildman–Crippen LogP) is 2.38. The molecule has 17 heavy (non-hydrogen) atoms. The molecule has 1 heterocycles. The van der Waals surface area contributed by atoms with Gasteiger partial charge in [-0.3, -0.25) is 0 Å². The highest BCUT2D eigenvalue weighted by molar-refractivity contribution is 7.09. The lowest BCUT2D eigenvalue weighted by atomic mass is 10.0. The van der Waals surface area contributed by atoms with Gasteiger partial charge in [-0.1, -0.05) is 13.8 Å². The molecule has 1 aromatic rings. The maximum absolute atomic E-state index is 12.2. The van der Waals surface area contributed by atoms with E-state index in [0.29, 0.717) is 23.9 Å². The first kappa shape index (κ1) is 14.2. The van der Waals surface area contributed by atoms with Crippen LogP contribution in [0, 0.1) is 5.92 Å². The predicted molar refractivity (Wildman–Crippen MR) is 58.9 cm³/mol. The van der Waals surface area contributed by atoms with Crippen LogP contribution in [0.3, 0.4) is 0 Å². The lowest BCUT2D eigenvalue weighted by molar-refractivity contribution is -0.144. The van der Waals surface area contributed by atoms with Crippen molar-refractivity contribution in [3.63, 3.8) is 0 Å². The van der Waals surface area contributed by atoms with Crippen LogP contribution in [0.15, 0.2) is 0 Å². The molecule has 0 fully saturated rings. The maximum Gasteiger partial charge on any atom is 0.452 e. The fourth-order valence-electron chi connectivity index (χ4n) is 1.32. The van der Waals surface area contributed by atoms with E-state index in [0.717, 1.165) is 0 Å². The number of halogens is 3. The quantitative estimate of drug-likeness (QED) is 0.861. The van der Waals surface area contributed by atoms with E-state index in [2.05, 4.69) is 14.7 Å². The zero-order valence-corrected chi connectivity index (χ0v) is 10.3. The van der Waals surface area contributed by atoms with Gasteiger partial charge in [-0.15, -0.1) is 0 Å². The number of hydrogen-bond donors (Lipinski definition) is 2. The Morgan fingerprint density at radius 2 is 2.06 bits per heavy atom. The van der Waals surface area contributed by atoms with Gasteiger partial charge in [0.15, 0.2) is 0 Å². The molecule has 0 radical (unpaired) electrons. The molecular weight excluding hydrogens is 255 g/mol. The van der Waals surface area contributed by atoms with Crippen molar-refractivity contribution in [3.05, 3.63) is 5.82 Å². The topological polar surface area (TPSA) is 58.0 Å². The molecule has 0 aliphatic carbocycles. The minimum absolute atomic E-state index is 0.0806. The highest BCUT2D eigenvalue weighted by atomic mass is 32.1. The van der Waals surface area contributed by atoms with Crippen LogP contribution in [0.2, 0.25) is 0 Å². The highest BCUT2D eigenvalue weighted by Crippen LogP contribution is 2.29. The fraction of sp³-hybridized carbons (Fsp3) is 0.778. The first-order chi connectivity index (χ1) is 7.82. The second-order valence-electron chi connectivity index (χ2n) is 4.07. The summed E-state index contributed by atoms with van der Waals surface area (Å²) in [5.41, 5.74) is 0. The molecule has 98 valence electrons. The Morgan fingerprint density at radius 1 is 1.41 bits per heavy atom. The van der Waals surface area contributed by atoms with E-state index in [1.165, 1.54) is 0 Å². The Labute approximate surface area is 101 Å². The number of aliphatic hydroxyl groups is 1. The average molecular weight is 269 g/mol. The lowest BCUT2D eigenvalue weighted by Gasteiger charge is -2.16. The second kappa shape index (κ2) is 5.63. The summed E-state index contributed by atoms with van der Waals surface area (Å²) >= 11 is 0.644. The van der Waals surface area contributed by atoms with Crippen LogP contribution in [0.5, 0.6) is 0 Å². The van der Waals surface area contributed by atoms with Crippen molar-refractivity contribution >= 4 is 16.7 Å². The van der Waals surface area contributed by atoms with Gasteiger partial charge in [0.05, 0.1) is 12.6 Å². The Bertz CT molecular complexity index is 354. The molecule has 0 aliphatic heterocycles. The molecule has 0 bridgehead atoms. The van der Waals surface area contributed by atoms with Gasteiger partial charge >= 0.3 is 6.18 Å². The largest absolute Gasteiger partial charge is 0.452 e. The number of alkyl halides is 3. The first-order valence-electron chi connectivity index (χ1n) is 5.11. The van der Waals surface area contributed by atoms with Crippen molar-refractivity contribution < 1.29 is 18.3 Å². The molecule has 0 saturated carbocycles. The molecule has 1 atom stereocenters. The van der Waals surface area contributed by atoms with Gasteiger partial charge in [0.2, 0.25) is 11.0 Å². The SMILES string of the molecule is CC(C)CC(CO)Nc1nc(C(F)(F)F)ns1. The molecule has 0 aromatic carbocycles. The zero-order chi connectivity index (χ0) is 13.1. The molecule has 0 spiro atoms. The number of rotatable bonds is 5. The summed E-state index contributed by atoms with van der Waals surface area (Å²) in [6.07, 6.45) is -3.87. The Kier molecular flexibility index (Phi) is 4.70. The first-order valence-corrected chi connectivity index (χ1v) is 5.88. The van der Waals surface area contributed by atoms with E-state index in [4.69, 9.17) is 5.11 Å². The van der Waals surface area contributed by atoms with Crippen molar-refractivity contribution in [2.24, 2.45) is 5.92 Å². The summed E-state index contributed by atoms with van der Waals surface area (Å²) in [6.45, 7) is 3.77. The number of aliphatic hydroxyl groups excluding tert-OH is 1. The molecule has 0 aliphatic rings. The van der Waals surface area contributed by atoms with Crippen LogP contribution in [-0.4, -0.2) is 27.1 Å². The monoisotopic (exact) mass is 269 g/mol. The van der Waals surface area contributed by atoms with E-state index >= 15 is 0 Å². The average Bonchev–Trinajstić information content (AvgIpc) is 2.63. The summed E-state index contributed by atoms with van der Waals surface area (Å²) in [6, 6.07) is -0.302. The van der Waals surface area contributed by atoms with Gasteiger partial charge in [0.25, 0.3) is 0 Å². The molecule has 1 rings (SSSR count). The zero-order valence-electron chi connectivity index (χ0n) is 9.45. The molecule has 1 aromatic heterocycles. The van der Waals surface area contributed by atoms with Crippen LogP contribution < -0.4 is 5.32 Å². The van der Waals surface area contributed by atoms with Crippen molar-refractivity contribution in [1.82, 2.24) is 9.36 Å². The van der Waals surface area contributed by atoms with E-state index < -0.39 is 12.0 Å². The molecule has 4 nitrogen and oxygen atoms in total. The van der Waals surface area contributed by atoms with Crippen molar-refractivity contribution in [3.8, 4) is 0 Å². The third kappa shape index (κ3) is 4.47. The molecule has 2 N–H and O–H groups in total. The summed E-state index contributed by atoms with van der Waals surface area (Å²) in [5, 5.41) is 11.9. The molecule has 0 amide bonds. The maximum atomic E-state index is 12.2. The minimum Gasteiger partial charge on any atom is -0.394 e. The summed E-state index contributed by atoms with van der Waals surface area (Å²) in [4.78, 5) is 3.34. The van der Waals surface area contributed by atoms with Crippen LogP contribution >= 0.6 is 11.5 Å². The number of nitrogens with one attached hydrogen (secondary N) is 1. The van der Waals surface area contributed by atoms with E-state index in [-0.39, 0.29) is 17.8 Å². The van der Waals surface area contributed by atoms with Gasteiger partial charge in [-0.2, -0.15) is 22.5 Å². The minimum atomic E-state index is -4.52. The molecule has 0 saturated heterocycles. The van der Waals surface area contributed by atoms with Crippen molar-refractivity contribution in [2.45, 2.75) is 32.5 Å². The van der Waals surface area contributed by atoms with Crippen molar-refractivity contribution in [2.75, 3.05) is 11.9 Å². The molecule has 8 heteroatoms. The summed E-state index contributed by atoms with van der Waals surface area (Å²) < 4.78 is 39.9. The van der Waals surface area contributed by atoms with E-state index in [9.17, 15) is 13.2 Å². The van der Waals surface area contributed by atoms with E-state index in [1.54, 1.807) is 0 Å². The fourth-order valence-corrected chi connectivity index (χ4v) is 1.98. The Balaban J connectivity index is 2.65. The number of hydrogen-bond acceptors (Lipinski definition) is 5. The van der Waals surface area contributed by atoms with E-state index in [1.807, 2.05) is 13.8 Å². The third-order valence-corrected chi connectivity index (χ3v) is 2.63. The van der Waals surface area contributed by atoms with Gasteiger partial charge in [0, 0.05) is 11.5 Å². The van der Waals surface area contributed by atoms with Gasteiger partial charge in [-0.05, 0) is 12.3 Å². The highest BCUT2D eigenvalue weighted by Gasteiger charge is 2.36. The van der Waals surface area contributed by atoms with Crippen LogP contribution in [0.4, 0.5) is 18.3 Å². The van der Waals surface area contributed by atoms with Crippen LogP contribution in [-0.2, 0) is 6.18 Å². The summed E-state index contributed by atoms with van der Waals surface area (Å²) in [7, 11) is 0. The van der Waals surface area contributed by atoms with Gasteiger partial charge in [0.1, 0.15) is 0 Å². The smallest absolute Gasteiger partial charge is 0.394 e. The van der Waals surface area contributed by atoms with Gasteiger partial charge in [-0.25, -0.2) is 0 Å². The second-order valence-corrected chi connectivity index (χ2v) is 4.83. The number of aromatic nitrogens is 2. The lowest BCUT2D eigenvalue weighted by Crippen LogP contribution is -2.25. The standard InChI is InChI=1S/C9H14F3N3OS/c1-5(2)3-6(4-16)13-8-14-7(15-17-8)9(10,11)12/h5-6,16H,3-4H2,1-2H3,(H,13,14,15). The van der Waals surface area contributed by atoms with Crippen LogP contribution in [0.1, 0.15) is 26.1 Å². The van der Waals surface area contributed by atoms with Crippen LogP contribution in [0.25, 0.3) is 0 Å². The van der Waals surface area contributed by atoms with Gasteiger partial charge < -0.3 is 10.4 Å². The molecular formula is C9H14F3N3OS. The number of anilines is 1. The normalized spacial score (nSPS) is 14.1. The Hall–Kier alpha value is -0.890.